The Morgan fingerprint density at radius 3 is 2.12 bits per heavy atom. The summed E-state index contributed by atoms with van der Waals surface area (Å²) >= 11 is 1.59. The fourth-order valence-electron chi connectivity index (χ4n) is 0.352. The van der Waals surface area contributed by atoms with Gasteiger partial charge in [0.1, 0.15) is 4.93 Å². The smallest absolute Gasteiger partial charge is 0.104 e. The Bertz CT molecular complexity index is 56.0. The molecule has 0 aliphatic rings. The number of aliphatic hydroxyl groups is 1. The first-order chi connectivity index (χ1) is 3.56. The summed E-state index contributed by atoms with van der Waals surface area (Å²) in [7, 11) is 0. The molecule has 0 fully saturated rings. The minimum atomic E-state index is -0.532. The molecule has 0 rings (SSSR count). The van der Waals surface area contributed by atoms with Gasteiger partial charge in [0.25, 0.3) is 0 Å². The largest absolute Gasteiger partial charge is 0.380 e. The molecular formula is C6H14OS. The van der Waals surface area contributed by atoms with Gasteiger partial charge in [-0.2, -0.15) is 0 Å². The van der Waals surface area contributed by atoms with E-state index in [1.54, 1.807) is 11.8 Å². The summed E-state index contributed by atoms with van der Waals surface area (Å²) in [6.45, 7) is 5.74. The Hall–Kier alpha value is 0.310. The van der Waals surface area contributed by atoms with Gasteiger partial charge in [-0.25, -0.2) is 0 Å². The molecule has 0 aliphatic carbocycles. The zero-order chi connectivity index (χ0) is 6.62. The molecular weight excluding hydrogens is 120 g/mol. The van der Waals surface area contributed by atoms with Crippen LogP contribution in [0.3, 0.4) is 0 Å². The van der Waals surface area contributed by atoms with Crippen LogP contribution in [0.25, 0.3) is 0 Å². The summed E-state index contributed by atoms with van der Waals surface area (Å²) in [5.41, 5.74) is 0. The monoisotopic (exact) mass is 134 g/mol. The Labute approximate surface area is 55.5 Å². The third kappa shape index (κ3) is 6.31. The highest BCUT2D eigenvalue weighted by Crippen LogP contribution is 2.20. The molecule has 0 radical (unpaired) electrons. The Morgan fingerprint density at radius 1 is 1.50 bits per heavy atom. The van der Waals surface area contributed by atoms with Gasteiger partial charge in [-0.15, -0.1) is 11.8 Å². The molecule has 0 saturated heterocycles. The van der Waals surface area contributed by atoms with E-state index in [0.717, 1.165) is 12.2 Å². The van der Waals surface area contributed by atoms with Crippen molar-refractivity contribution in [2.24, 2.45) is 0 Å². The van der Waals surface area contributed by atoms with Crippen LogP contribution in [0, 0.1) is 0 Å². The van der Waals surface area contributed by atoms with Crippen LogP contribution in [0.15, 0.2) is 0 Å². The Morgan fingerprint density at radius 2 is 2.00 bits per heavy atom. The van der Waals surface area contributed by atoms with Crippen LogP contribution in [0.1, 0.15) is 27.2 Å². The third-order valence-corrected chi connectivity index (χ3v) is 1.98. The maximum Gasteiger partial charge on any atom is 0.104 e. The summed E-state index contributed by atoms with van der Waals surface area (Å²) in [5, 5.41) is 9.11. The van der Waals surface area contributed by atoms with Gasteiger partial charge in [0.2, 0.25) is 0 Å². The van der Waals surface area contributed by atoms with Crippen molar-refractivity contribution in [2.45, 2.75) is 32.1 Å². The van der Waals surface area contributed by atoms with E-state index < -0.39 is 4.93 Å². The van der Waals surface area contributed by atoms with E-state index in [9.17, 15) is 0 Å². The van der Waals surface area contributed by atoms with Gasteiger partial charge >= 0.3 is 0 Å². The van der Waals surface area contributed by atoms with Crippen LogP contribution in [0.5, 0.6) is 0 Å². The van der Waals surface area contributed by atoms with E-state index in [1.807, 2.05) is 13.8 Å². The molecule has 0 saturated carbocycles. The Kier molecular flexibility index (Phi) is 3.49. The highest BCUT2D eigenvalue weighted by molar-refractivity contribution is 8.00. The third-order valence-electron chi connectivity index (χ3n) is 0.659. The molecule has 0 atom stereocenters. The zero-order valence-corrected chi connectivity index (χ0v) is 6.59. The predicted molar refractivity (Wildman–Crippen MR) is 39.0 cm³/mol. The van der Waals surface area contributed by atoms with E-state index in [4.69, 9.17) is 5.11 Å². The lowest BCUT2D eigenvalue weighted by Crippen LogP contribution is -2.12. The van der Waals surface area contributed by atoms with E-state index >= 15 is 0 Å². The zero-order valence-electron chi connectivity index (χ0n) is 5.77. The maximum atomic E-state index is 9.11. The van der Waals surface area contributed by atoms with Crippen molar-refractivity contribution in [1.82, 2.24) is 0 Å². The minimum Gasteiger partial charge on any atom is -0.380 e. The van der Waals surface area contributed by atoms with Crippen LogP contribution in [0.2, 0.25) is 0 Å². The lowest BCUT2D eigenvalue weighted by Gasteiger charge is -2.14. The molecule has 0 spiro atoms. The first kappa shape index (κ1) is 8.31. The summed E-state index contributed by atoms with van der Waals surface area (Å²) in [5.74, 6) is 1.05. The molecule has 0 bridgehead atoms. The maximum absolute atomic E-state index is 9.11. The molecule has 2 heteroatoms. The van der Waals surface area contributed by atoms with Gasteiger partial charge in [-0.3, -0.25) is 0 Å². The van der Waals surface area contributed by atoms with E-state index in [0.29, 0.717) is 0 Å². The van der Waals surface area contributed by atoms with Gasteiger partial charge in [0.05, 0.1) is 0 Å². The quantitative estimate of drug-likeness (QED) is 0.594. The van der Waals surface area contributed by atoms with Gasteiger partial charge in [0, 0.05) is 0 Å². The first-order valence-corrected chi connectivity index (χ1v) is 3.91. The summed E-state index contributed by atoms with van der Waals surface area (Å²) in [6.07, 6.45) is 1.13. The van der Waals surface area contributed by atoms with Crippen molar-refractivity contribution in [1.29, 1.82) is 0 Å². The normalized spacial score (nSPS) is 12.0. The average Bonchev–Trinajstić information content (AvgIpc) is 1.59. The van der Waals surface area contributed by atoms with Crippen LogP contribution in [-0.4, -0.2) is 15.8 Å². The molecule has 0 unspecified atom stereocenters. The molecule has 50 valence electrons. The minimum absolute atomic E-state index is 0.532. The highest BCUT2D eigenvalue weighted by Gasteiger charge is 2.10. The van der Waals surface area contributed by atoms with Crippen molar-refractivity contribution < 1.29 is 5.11 Å². The second kappa shape index (κ2) is 3.36. The summed E-state index contributed by atoms with van der Waals surface area (Å²) in [6, 6.07) is 0. The fraction of sp³-hybridized carbons (Fsp3) is 1.00. The van der Waals surface area contributed by atoms with Gasteiger partial charge in [-0.05, 0) is 26.0 Å². The molecule has 0 aromatic carbocycles. The van der Waals surface area contributed by atoms with E-state index in [2.05, 4.69) is 6.92 Å². The van der Waals surface area contributed by atoms with Gasteiger partial charge < -0.3 is 5.11 Å². The van der Waals surface area contributed by atoms with Crippen molar-refractivity contribution in [3.8, 4) is 0 Å². The lowest BCUT2D eigenvalue weighted by atomic mass is 10.5. The van der Waals surface area contributed by atoms with Crippen LogP contribution < -0.4 is 0 Å². The second-order valence-corrected chi connectivity index (χ2v) is 3.99. The number of hydrogen-bond donors (Lipinski definition) is 1. The standard InChI is InChI=1S/C6H14OS/c1-4-5-8-6(2,3)7/h7H,4-5H2,1-3H3. The van der Waals surface area contributed by atoms with Crippen LogP contribution in [0.4, 0.5) is 0 Å². The predicted octanol–water partition coefficient (Wildman–Crippen LogP) is 1.86. The summed E-state index contributed by atoms with van der Waals surface area (Å²) in [4.78, 5) is -0.532. The van der Waals surface area contributed by atoms with E-state index in [-0.39, 0.29) is 0 Å². The summed E-state index contributed by atoms with van der Waals surface area (Å²) < 4.78 is 0. The molecule has 0 aromatic heterocycles. The molecule has 1 nitrogen and oxygen atoms in total. The SMILES string of the molecule is CCCSC(C)(C)O. The van der Waals surface area contributed by atoms with Gasteiger partial charge in [0.15, 0.2) is 0 Å². The molecule has 0 aliphatic heterocycles. The van der Waals surface area contributed by atoms with Crippen molar-refractivity contribution in [3.05, 3.63) is 0 Å². The van der Waals surface area contributed by atoms with Crippen molar-refractivity contribution in [2.75, 3.05) is 5.75 Å². The lowest BCUT2D eigenvalue weighted by molar-refractivity contribution is 0.179. The molecule has 0 amide bonds. The van der Waals surface area contributed by atoms with Gasteiger partial charge in [-0.1, -0.05) is 6.92 Å². The molecule has 1 N–H and O–H groups in total. The fourth-order valence-corrected chi connectivity index (χ4v) is 1.06. The number of thioether (sulfide) groups is 1. The number of rotatable bonds is 3. The number of hydrogen-bond acceptors (Lipinski definition) is 2. The Balaban J connectivity index is 3.11. The van der Waals surface area contributed by atoms with E-state index in [1.165, 1.54) is 0 Å². The van der Waals surface area contributed by atoms with Crippen LogP contribution >= 0.6 is 11.8 Å². The second-order valence-electron chi connectivity index (χ2n) is 2.30. The highest BCUT2D eigenvalue weighted by atomic mass is 32.2. The first-order valence-electron chi connectivity index (χ1n) is 2.92. The van der Waals surface area contributed by atoms with Crippen molar-refractivity contribution in [3.63, 3.8) is 0 Å². The van der Waals surface area contributed by atoms with Crippen molar-refractivity contribution >= 4 is 11.8 Å². The molecule has 0 heterocycles. The molecule has 8 heavy (non-hydrogen) atoms. The average molecular weight is 134 g/mol. The van der Waals surface area contributed by atoms with Crippen LogP contribution in [-0.2, 0) is 0 Å². The molecule has 0 aromatic rings. The topological polar surface area (TPSA) is 20.2 Å².